The van der Waals surface area contributed by atoms with Crippen LogP contribution in [0.1, 0.15) is 65.2 Å². The molecule has 1 aliphatic rings. The minimum Gasteiger partial charge on any atom is -0.384 e. The molecule has 1 atom stereocenters. The highest BCUT2D eigenvalue weighted by Crippen LogP contribution is 2.16. The molecular formula is C18H37N3O. The van der Waals surface area contributed by atoms with Gasteiger partial charge < -0.3 is 15.0 Å². The number of rotatable bonds is 11. The quantitative estimate of drug-likeness (QED) is 0.359. The van der Waals surface area contributed by atoms with E-state index in [1.165, 1.54) is 51.4 Å². The summed E-state index contributed by atoms with van der Waals surface area (Å²) in [5, 5.41) is 3.44. The Morgan fingerprint density at radius 3 is 2.55 bits per heavy atom. The lowest BCUT2D eigenvalue weighted by Gasteiger charge is -2.21. The highest BCUT2D eigenvalue weighted by atomic mass is 16.5. The fourth-order valence-corrected chi connectivity index (χ4v) is 3.08. The Bertz CT molecular complexity index is 294. The molecule has 0 saturated carbocycles. The smallest absolute Gasteiger partial charge is 0.193 e. The Balaban J connectivity index is 2.22. The van der Waals surface area contributed by atoms with Crippen LogP contribution in [0.5, 0.6) is 0 Å². The van der Waals surface area contributed by atoms with Crippen molar-refractivity contribution in [1.82, 2.24) is 10.2 Å². The Morgan fingerprint density at radius 1 is 1.14 bits per heavy atom. The largest absolute Gasteiger partial charge is 0.384 e. The highest BCUT2D eigenvalue weighted by molar-refractivity contribution is 5.80. The van der Waals surface area contributed by atoms with E-state index in [9.17, 15) is 0 Å². The van der Waals surface area contributed by atoms with E-state index in [-0.39, 0.29) is 0 Å². The maximum atomic E-state index is 5.28. The van der Waals surface area contributed by atoms with E-state index < -0.39 is 0 Å². The first-order chi connectivity index (χ1) is 10.8. The monoisotopic (exact) mass is 311 g/mol. The van der Waals surface area contributed by atoms with Crippen LogP contribution in [0.3, 0.4) is 0 Å². The van der Waals surface area contributed by atoms with Crippen molar-refractivity contribution in [3.05, 3.63) is 0 Å². The van der Waals surface area contributed by atoms with Crippen molar-refractivity contribution in [2.75, 3.05) is 39.9 Å². The third-order valence-electron chi connectivity index (χ3n) is 4.35. The molecule has 1 unspecified atom stereocenters. The molecule has 0 amide bonds. The summed E-state index contributed by atoms with van der Waals surface area (Å²) in [6.45, 7) is 9.38. The second-order valence-electron chi connectivity index (χ2n) is 6.41. The van der Waals surface area contributed by atoms with Crippen LogP contribution in [0.25, 0.3) is 0 Å². The third kappa shape index (κ3) is 8.02. The van der Waals surface area contributed by atoms with Crippen molar-refractivity contribution >= 4 is 5.96 Å². The van der Waals surface area contributed by atoms with Crippen LogP contribution in [0.15, 0.2) is 4.99 Å². The summed E-state index contributed by atoms with van der Waals surface area (Å²) in [7, 11) is 1.79. The topological polar surface area (TPSA) is 36.9 Å². The number of guanidine groups is 1. The number of aliphatic imine (C=N–C) groups is 1. The normalized spacial score (nSPS) is 19.0. The lowest BCUT2D eigenvalue weighted by Crippen LogP contribution is -2.40. The Hall–Kier alpha value is -0.770. The van der Waals surface area contributed by atoms with Gasteiger partial charge in [0, 0.05) is 39.2 Å². The minimum absolute atomic E-state index is 0.660. The summed E-state index contributed by atoms with van der Waals surface area (Å²) in [4.78, 5) is 7.21. The standard InChI is InChI=1S/C18H37N3O/c1-4-6-7-8-9-10-11-13-20-18(19-5-2)21-14-12-17(15-21)16-22-3/h17H,4-16H2,1-3H3,(H,19,20). The fraction of sp³-hybridized carbons (Fsp3) is 0.944. The van der Waals surface area contributed by atoms with E-state index in [1.807, 2.05) is 0 Å². The summed E-state index contributed by atoms with van der Waals surface area (Å²) < 4.78 is 5.28. The molecule has 4 heteroatoms. The number of methoxy groups -OCH3 is 1. The average molecular weight is 312 g/mol. The predicted molar refractivity (Wildman–Crippen MR) is 95.5 cm³/mol. The van der Waals surface area contributed by atoms with Gasteiger partial charge in [-0.2, -0.15) is 0 Å². The summed E-state index contributed by atoms with van der Waals surface area (Å²) in [5.41, 5.74) is 0. The first kappa shape index (κ1) is 19.3. The van der Waals surface area contributed by atoms with Gasteiger partial charge in [-0.3, -0.25) is 4.99 Å². The van der Waals surface area contributed by atoms with Crippen molar-refractivity contribution in [3.8, 4) is 0 Å². The van der Waals surface area contributed by atoms with Crippen molar-refractivity contribution in [2.45, 2.75) is 65.2 Å². The molecule has 1 aliphatic heterocycles. The van der Waals surface area contributed by atoms with Crippen molar-refractivity contribution < 1.29 is 4.74 Å². The molecule has 4 nitrogen and oxygen atoms in total. The van der Waals surface area contributed by atoms with Gasteiger partial charge in [0.2, 0.25) is 0 Å². The molecule has 0 bridgehead atoms. The van der Waals surface area contributed by atoms with E-state index in [0.717, 1.165) is 38.7 Å². The molecule has 0 aromatic heterocycles. The van der Waals surface area contributed by atoms with E-state index in [0.29, 0.717) is 5.92 Å². The van der Waals surface area contributed by atoms with E-state index in [1.54, 1.807) is 7.11 Å². The van der Waals surface area contributed by atoms with Gasteiger partial charge in [0.25, 0.3) is 0 Å². The third-order valence-corrected chi connectivity index (χ3v) is 4.35. The zero-order chi connectivity index (χ0) is 16.0. The molecule has 1 heterocycles. The minimum atomic E-state index is 0.660. The SMILES string of the molecule is CCCCCCCCCN=C(NCC)N1CCC(COC)C1. The van der Waals surface area contributed by atoms with E-state index in [2.05, 4.69) is 24.1 Å². The maximum absolute atomic E-state index is 5.28. The molecule has 0 aliphatic carbocycles. The molecule has 130 valence electrons. The molecule has 0 radical (unpaired) electrons. The van der Waals surface area contributed by atoms with Gasteiger partial charge in [-0.1, -0.05) is 45.4 Å². The van der Waals surface area contributed by atoms with Crippen LogP contribution in [0.4, 0.5) is 0 Å². The van der Waals surface area contributed by atoms with Crippen LogP contribution in [0, 0.1) is 5.92 Å². The lowest BCUT2D eigenvalue weighted by atomic mass is 10.1. The van der Waals surface area contributed by atoms with E-state index >= 15 is 0 Å². The summed E-state index contributed by atoms with van der Waals surface area (Å²) in [5.74, 6) is 1.76. The second-order valence-corrected chi connectivity index (χ2v) is 6.41. The first-order valence-electron chi connectivity index (χ1n) is 9.34. The van der Waals surface area contributed by atoms with Crippen LogP contribution < -0.4 is 5.32 Å². The van der Waals surface area contributed by atoms with E-state index in [4.69, 9.17) is 9.73 Å². The number of unbranched alkanes of at least 4 members (excludes halogenated alkanes) is 6. The first-order valence-corrected chi connectivity index (χ1v) is 9.34. The summed E-state index contributed by atoms with van der Waals surface area (Å²) >= 11 is 0. The van der Waals surface area contributed by atoms with Crippen molar-refractivity contribution in [2.24, 2.45) is 10.9 Å². The van der Waals surface area contributed by atoms with Crippen molar-refractivity contribution in [1.29, 1.82) is 0 Å². The fourth-order valence-electron chi connectivity index (χ4n) is 3.08. The lowest BCUT2D eigenvalue weighted by molar-refractivity contribution is 0.157. The molecule has 1 N–H and O–H groups in total. The summed E-state index contributed by atoms with van der Waals surface area (Å²) in [6.07, 6.45) is 10.6. The molecule has 22 heavy (non-hydrogen) atoms. The van der Waals surface area contributed by atoms with Gasteiger partial charge >= 0.3 is 0 Å². The van der Waals surface area contributed by atoms with Crippen LogP contribution in [0.2, 0.25) is 0 Å². The Morgan fingerprint density at radius 2 is 1.86 bits per heavy atom. The van der Waals surface area contributed by atoms with Gasteiger partial charge in [-0.15, -0.1) is 0 Å². The molecule has 0 aromatic carbocycles. The number of nitrogens with zero attached hydrogens (tertiary/aromatic N) is 2. The maximum Gasteiger partial charge on any atom is 0.193 e. The number of hydrogen-bond donors (Lipinski definition) is 1. The zero-order valence-electron chi connectivity index (χ0n) is 15.1. The van der Waals surface area contributed by atoms with Crippen LogP contribution in [-0.2, 0) is 4.74 Å². The Kier molecular flexibility index (Phi) is 11.2. The average Bonchev–Trinajstić information content (AvgIpc) is 2.98. The molecular weight excluding hydrogens is 274 g/mol. The summed E-state index contributed by atoms with van der Waals surface area (Å²) in [6, 6.07) is 0. The zero-order valence-corrected chi connectivity index (χ0v) is 15.1. The molecule has 1 rings (SSSR count). The van der Waals surface area contributed by atoms with Crippen LogP contribution >= 0.6 is 0 Å². The molecule has 0 aromatic rings. The number of nitrogens with one attached hydrogen (secondary N) is 1. The second kappa shape index (κ2) is 12.7. The van der Waals surface area contributed by atoms with Gasteiger partial charge in [-0.25, -0.2) is 0 Å². The van der Waals surface area contributed by atoms with Gasteiger partial charge in [0.15, 0.2) is 5.96 Å². The number of hydrogen-bond acceptors (Lipinski definition) is 2. The van der Waals surface area contributed by atoms with Crippen molar-refractivity contribution in [3.63, 3.8) is 0 Å². The number of likely N-dealkylation sites (tertiary alicyclic amines) is 1. The number of ether oxygens (including phenoxy) is 1. The van der Waals surface area contributed by atoms with Gasteiger partial charge in [0.05, 0.1) is 6.61 Å². The molecule has 1 saturated heterocycles. The molecule has 0 spiro atoms. The van der Waals surface area contributed by atoms with Crippen LogP contribution in [-0.4, -0.2) is 50.8 Å². The van der Waals surface area contributed by atoms with Gasteiger partial charge in [0.1, 0.15) is 0 Å². The predicted octanol–water partition coefficient (Wildman–Crippen LogP) is 3.67. The Labute approximate surface area is 137 Å². The van der Waals surface area contributed by atoms with Gasteiger partial charge in [-0.05, 0) is 19.8 Å². The highest BCUT2D eigenvalue weighted by Gasteiger charge is 2.24. The molecule has 1 fully saturated rings.